The molecule has 1 atom stereocenters. The Hall–Kier alpha value is -2.09. The molecule has 0 saturated carbocycles. The summed E-state index contributed by atoms with van der Waals surface area (Å²) in [6.45, 7) is 3.49. The number of nitrogens with zero attached hydrogens (tertiary/aromatic N) is 1. The third-order valence-electron chi connectivity index (χ3n) is 4.21. The highest BCUT2D eigenvalue weighted by molar-refractivity contribution is 7.89. The van der Waals surface area contributed by atoms with Gasteiger partial charge in [0.05, 0.1) is 18.1 Å². The summed E-state index contributed by atoms with van der Waals surface area (Å²) in [4.78, 5) is 2.11. The van der Waals surface area contributed by atoms with Gasteiger partial charge in [0.2, 0.25) is 10.0 Å². The van der Waals surface area contributed by atoms with Crippen molar-refractivity contribution in [1.29, 1.82) is 0 Å². The Morgan fingerprint density at radius 2 is 1.65 bits per heavy atom. The second kappa shape index (κ2) is 8.07. The van der Waals surface area contributed by atoms with Gasteiger partial charge in [0, 0.05) is 26.3 Å². The zero-order valence-corrected chi connectivity index (χ0v) is 16.6. The third kappa shape index (κ3) is 4.55. The maximum absolute atomic E-state index is 12.5. The SMILES string of the molecule is COc1c(C)cc(S(=O)(=O)NCC(O)c2ccc(N(C)C)cc2)cc1C. The number of ether oxygens (including phenoxy) is 1. The van der Waals surface area contributed by atoms with Crippen molar-refractivity contribution in [3.8, 4) is 5.75 Å². The van der Waals surface area contributed by atoms with E-state index in [1.165, 1.54) is 0 Å². The maximum atomic E-state index is 12.5. The van der Waals surface area contributed by atoms with Crippen LogP contribution in [0.25, 0.3) is 0 Å². The van der Waals surface area contributed by atoms with E-state index in [1.54, 1.807) is 45.2 Å². The summed E-state index contributed by atoms with van der Waals surface area (Å²) < 4.78 is 32.8. The molecule has 142 valence electrons. The molecule has 1 unspecified atom stereocenters. The fraction of sp³-hybridized carbons (Fsp3) is 0.368. The molecular weight excluding hydrogens is 352 g/mol. The van der Waals surface area contributed by atoms with Crippen molar-refractivity contribution in [3.63, 3.8) is 0 Å². The Labute approximate surface area is 155 Å². The van der Waals surface area contributed by atoms with Crippen molar-refractivity contribution in [2.24, 2.45) is 0 Å². The molecule has 0 radical (unpaired) electrons. The largest absolute Gasteiger partial charge is 0.496 e. The van der Waals surface area contributed by atoms with Gasteiger partial charge in [0.15, 0.2) is 0 Å². The molecule has 2 N–H and O–H groups in total. The van der Waals surface area contributed by atoms with E-state index in [2.05, 4.69) is 4.72 Å². The number of benzene rings is 2. The minimum atomic E-state index is -3.73. The Kier molecular flexibility index (Phi) is 6.28. The van der Waals surface area contributed by atoms with Crippen LogP contribution in [0.3, 0.4) is 0 Å². The number of methoxy groups -OCH3 is 1. The molecule has 0 fully saturated rings. The Balaban J connectivity index is 2.12. The molecule has 0 aliphatic heterocycles. The van der Waals surface area contributed by atoms with Gasteiger partial charge in [0.25, 0.3) is 0 Å². The number of sulfonamides is 1. The van der Waals surface area contributed by atoms with Crippen LogP contribution in [0.4, 0.5) is 5.69 Å². The monoisotopic (exact) mass is 378 g/mol. The second-order valence-electron chi connectivity index (χ2n) is 6.44. The maximum Gasteiger partial charge on any atom is 0.240 e. The van der Waals surface area contributed by atoms with E-state index in [1.807, 2.05) is 31.1 Å². The quantitative estimate of drug-likeness (QED) is 0.773. The summed E-state index contributed by atoms with van der Waals surface area (Å²) in [5.74, 6) is 0.671. The van der Waals surface area contributed by atoms with E-state index < -0.39 is 16.1 Å². The van der Waals surface area contributed by atoms with Gasteiger partial charge >= 0.3 is 0 Å². The van der Waals surface area contributed by atoms with E-state index >= 15 is 0 Å². The van der Waals surface area contributed by atoms with Crippen molar-refractivity contribution < 1.29 is 18.3 Å². The van der Waals surface area contributed by atoms with Gasteiger partial charge in [-0.15, -0.1) is 0 Å². The highest BCUT2D eigenvalue weighted by atomic mass is 32.2. The average molecular weight is 378 g/mol. The average Bonchev–Trinajstić information content (AvgIpc) is 2.59. The van der Waals surface area contributed by atoms with Crippen molar-refractivity contribution in [2.75, 3.05) is 32.6 Å². The molecule has 0 spiro atoms. The first-order valence-corrected chi connectivity index (χ1v) is 9.74. The van der Waals surface area contributed by atoms with Gasteiger partial charge < -0.3 is 14.7 Å². The van der Waals surface area contributed by atoms with E-state index in [9.17, 15) is 13.5 Å². The van der Waals surface area contributed by atoms with Crippen LogP contribution >= 0.6 is 0 Å². The van der Waals surface area contributed by atoms with Crippen molar-refractivity contribution >= 4 is 15.7 Å². The summed E-state index contributed by atoms with van der Waals surface area (Å²) in [6.07, 6.45) is -0.929. The molecule has 0 saturated heterocycles. The predicted molar refractivity (Wildman–Crippen MR) is 103 cm³/mol. The van der Waals surface area contributed by atoms with Crippen LogP contribution in [0.2, 0.25) is 0 Å². The van der Waals surface area contributed by atoms with Crippen molar-refractivity contribution in [1.82, 2.24) is 4.72 Å². The second-order valence-corrected chi connectivity index (χ2v) is 8.21. The lowest BCUT2D eigenvalue weighted by atomic mass is 10.1. The molecule has 2 aromatic carbocycles. The topological polar surface area (TPSA) is 78.9 Å². The summed E-state index contributed by atoms with van der Waals surface area (Å²) in [5, 5.41) is 10.3. The van der Waals surface area contributed by atoms with Crippen LogP contribution in [0.15, 0.2) is 41.3 Å². The summed E-state index contributed by atoms with van der Waals surface area (Å²) >= 11 is 0. The lowest BCUT2D eigenvalue weighted by molar-refractivity contribution is 0.182. The first kappa shape index (κ1) is 20.2. The predicted octanol–water partition coefficient (Wildman–Crippen LogP) is 2.39. The zero-order chi connectivity index (χ0) is 19.5. The molecule has 0 aromatic heterocycles. The van der Waals surface area contributed by atoms with Gasteiger partial charge in [-0.2, -0.15) is 0 Å². The first-order chi connectivity index (χ1) is 12.2. The third-order valence-corrected chi connectivity index (χ3v) is 5.61. The van der Waals surface area contributed by atoms with Crippen LogP contribution in [0.1, 0.15) is 22.8 Å². The van der Waals surface area contributed by atoms with E-state index in [0.29, 0.717) is 11.3 Å². The molecule has 0 aliphatic rings. The van der Waals surface area contributed by atoms with Gasteiger partial charge in [-0.05, 0) is 54.8 Å². The fourth-order valence-corrected chi connectivity index (χ4v) is 3.98. The lowest BCUT2D eigenvalue weighted by Gasteiger charge is -2.16. The Morgan fingerprint density at radius 3 is 2.12 bits per heavy atom. The molecule has 2 aromatic rings. The van der Waals surface area contributed by atoms with Crippen LogP contribution in [-0.2, 0) is 10.0 Å². The molecule has 26 heavy (non-hydrogen) atoms. The highest BCUT2D eigenvalue weighted by Crippen LogP contribution is 2.26. The summed E-state index contributed by atoms with van der Waals surface area (Å²) in [7, 11) is 1.68. The van der Waals surface area contributed by atoms with Crippen molar-refractivity contribution in [2.45, 2.75) is 24.8 Å². The van der Waals surface area contributed by atoms with E-state index in [4.69, 9.17) is 4.74 Å². The highest BCUT2D eigenvalue weighted by Gasteiger charge is 2.19. The normalized spacial score (nSPS) is 12.7. The molecule has 7 heteroatoms. The number of hydrogen-bond donors (Lipinski definition) is 2. The van der Waals surface area contributed by atoms with Crippen molar-refractivity contribution in [3.05, 3.63) is 53.1 Å². The van der Waals surface area contributed by atoms with Crippen LogP contribution in [0, 0.1) is 13.8 Å². The molecular formula is C19H26N2O4S. The molecule has 0 amide bonds. The number of nitrogens with one attached hydrogen (secondary N) is 1. The van der Waals surface area contributed by atoms with E-state index in [-0.39, 0.29) is 11.4 Å². The van der Waals surface area contributed by atoms with Crippen LogP contribution in [-0.4, -0.2) is 41.3 Å². The van der Waals surface area contributed by atoms with Gasteiger partial charge in [0.1, 0.15) is 5.75 Å². The smallest absolute Gasteiger partial charge is 0.240 e. The standard InChI is InChI=1S/C19H26N2O4S/c1-13-10-17(11-14(2)19(13)25-5)26(23,24)20-12-18(22)15-6-8-16(9-7-15)21(3)4/h6-11,18,20,22H,12H2,1-5H3. The number of aryl methyl sites for hydroxylation is 2. The van der Waals surface area contributed by atoms with Gasteiger partial charge in [-0.25, -0.2) is 13.1 Å². The van der Waals surface area contributed by atoms with E-state index in [0.717, 1.165) is 16.8 Å². The number of rotatable bonds is 7. The summed E-state index contributed by atoms with van der Waals surface area (Å²) in [6, 6.07) is 10.5. The number of anilines is 1. The number of hydrogen-bond acceptors (Lipinski definition) is 5. The Bertz CT molecular complexity index is 839. The zero-order valence-electron chi connectivity index (χ0n) is 15.8. The molecule has 6 nitrogen and oxygen atoms in total. The lowest BCUT2D eigenvalue weighted by Crippen LogP contribution is -2.28. The van der Waals surface area contributed by atoms with Gasteiger partial charge in [-0.1, -0.05) is 12.1 Å². The molecule has 0 heterocycles. The fourth-order valence-electron chi connectivity index (χ4n) is 2.77. The molecule has 2 rings (SSSR count). The van der Waals surface area contributed by atoms with Gasteiger partial charge in [-0.3, -0.25) is 0 Å². The van der Waals surface area contributed by atoms with Crippen LogP contribution in [0.5, 0.6) is 5.75 Å². The molecule has 0 bridgehead atoms. The molecule has 0 aliphatic carbocycles. The minimum Gasteiger partial charge on any atom is -0.496 e. The first-order valence-electron chi connectivity index (χ1n) is 8.26. The Morgan fingerprint density at radius 1 is 1.12 bits per heavy atom. The summed E-state index contributed by atoms with van der Waals surface area (Å²) in [5.41, 5.74) is 3.14. The van der Waals surface area contributed by atoms with Crippen LogP contribution < -0.4 is 14.4 Å². The number of aliphatic hydroxyl groups excluding tert-OH is 1. The minimum absolute atomic E-state index is 0.103. The number of aliphatic hydroxyl groups is 1.